The van der Waals surface area contributed by atoms with Gasteiger partial charge in [0.25, 0.3) is 0 Å². The number of para-hydroxylation sites is 1. The van der Waals surface area contributed by atoms with E-state index in [1.807, 2.05) is 11.3 Å². The number of aromatic nitrogens is 1. The Morgan fingerprint density at radius 3 is 2.13 bits per heavy atom. The third-order valence-electron chi connectivity index (χ3n) is 4.09. The minimum atomic E-state index is 0.302. The Morgan fingerprint density at radius 1 is 0.739 bits per heavy atom. The van der Waals surface area contributed by atoms with E-state index in [2.05, 4.69) is 84.9 Å². The van der Waals surface area contributed by atoms with Crippen molar-refractivity contribution in [3.05, 3.63) is 101 Å². The average Bonchev–Trinajstić information content (AvgIpc) is 3.05. The molecule has 1 aromatic heterocycles. The SMILES string of the molecule is c1ccc(CC(c2ccccc2)c2nc3ccccc3s2)cc1. The molecule has 1 heterocycles. The zero-order valence-corrected chi connectivity index (χ0v) is 13.5. The maximum Gasteiger partial charge on any atom is 0.102 e. The second kappa shape index (κ2) is 6.35. The lowest BCUT2D eigenvalue weighted by molar-refractivity contribution is 0.798. The van der Waals surface area contributed by atoms with Crippen molar-refractivity contribution in [1.82, 2.24) is 4.98 Å². The van der Waals surface area contributed by atoms with Crippen molar-refractivity contribution in [1.29, 1.82) is 0 Å². The molecule has 0 radical (unpaired) electrons. The Hall–Kier alpha value is -2.45. The molecule has 112 valence electrons. The highest BCUT2D eigenvalue weighted by Gasteiger charge is 2.19. The first-order valence-corrected chi connectivity index (χ1v) is 8.66. The summed E-state index contributed by atoms with van der Waals surface area (Å²) in [5.74, 6) is 0.302. The molecule has 0 aliphatic rings. The van der Waals surface area contributed by atoms with E-state index in [1.54, 1.807) is 0 Å². The van der Waals surface area contributed by atoms with E-state index in [-0.39, 0.29) is 0 Å². The maximum atomic E-state index is 4.90. The smallest absolute Gasteiger partial charge is 0.102 e. The Morgan fingerprint density at radius 2 is 1.39 bits per heavy atom. The summed E-state index contributed by atoms with van der Waals surface area (Å²) in [4.78, 5) is 4.90. The summed E-state index contributed by atoms with van der Waals surface area (Å²) in [5.41, 5.74) is 3.78. The number of hydrogen-bond acceptors (Lipinski definition) is 2. The van der Waals surface area contributed by atoms with E-state index in [0.29, 0.717) is 5.92 Å². The minimum Gasteiger partial charge on any atom is -0.241 e. The van der Waals surface area contributed by atoms with Crippen LogP contribution in [-0.4, -0.2) is 4.98 Å². The Labute approximate surface area is 140 Å². The van der Waals surface area contributed by atoms with Crippen molar-refractivity contribution in [3.63, 3.8) is 0 Å². The first kappa shape index (κ1) is 14.2. The van der Waals surface area contributed by atoms with Crippen molar-refractivity contribution >= 4 is 21.6 Å². The third kappa shape index (κ3) is 3.03. The molecule has 0 N–H and O–H groups in total. The van der Waals surface area contributed by atoms with Crippen LogP contribution in [0.25, 0.3) is 10.2 Å². The van der Waals surface area contributed by atoms with Crippen molar-refractivity contribution in [2.24, 2.45) is 0 Å². The van der Waals surface area contributed by atoms with Crippen LogP contribution in [0.3, 0.4) is 0 Å². The Bertz CT molecular complexity index is 864. The largest absolute Gasteiger partial charge is 0.241 e. The number of hydrogen-bond donors (Lipinski definition) is 0. The zero-order valence-electron chi connectivity index (χ0n) is 12.7. The van der Waals surface area contributed by atoms with Gasteiger partial charge >= 0.3 is 0 Å². The van der Waals surface area contributed by atoms with Gasteiger partial charge in [-0.3, -0.25) is 0 Å². The van der Waals surface area contributed by atoms with Crippen LogP contribution in [0.5, 0.6) is 0 Å². The molecule has 23 heavy (non-hydrogen) atoms. The van der Waals surface area contributed by atoms with Crippen molar-refractivity contribution < 1.29 is 0 Å². The molecule has 2 heteroatoms. The van der Waals surface area contributed by atoms with Gasteiger partial charge in [-0.2, -0.15) is 0 Å². The molecular formula is C21H17NS. The van der Waals surface area contributed by atoms with Gasteiger partial charge in [0, 0.05) is 5.92 Å². The molecule has 0 aliphatic heterocycles. The molecular weight excluding hydrogens is 298 g/mol. The summed E-state index contributed by atoms with van der Waals surface area (Å²) in [6, 6.07) is 29.8. The second-order valence-corrected chi connectivity index (χ2v) is 6.74. The van der Waals surface area contributed by atoms with Gasteiger partial charge in [-0.1, -0.05) is 72.8 Å². The Kier molecular flexibility index (Phi) is 3.91. The fourth-order valence-corrected chi connectivity index (χ4v) is 4.02. The number of thiazole rings is 1. The first-order valence-electron chi connectivity index (χ1n) is 7.84. The van der Waals surface area contributed by atoms with Crippen LogP contribution < -0.4 is 0 Å². The highest BCUT2D eigenvalue weighted by molar-refractivity contribution is 7.18. The number of nitrogens with zero attached hydrogens (tertiary/aromatic N) is 1. The summed E-state index contributed by atoms with van der Waals surface area (Å²) in [6.07, 6.45) is 0.977. The topological polar surface area (TPSA) is 12.9 Å². The fraction of sp³-hybridized carbons (Fsp3) is 0.0952. The van der Waals surface area contributed by atoms with Gasteiger partial charge in [0.1, 0.15) is 5.01 Å². The van der Waals surface area contributed by atoms with Crippen LogP contribution >= 0.6 is 11.3 Å². The molecule has 0 saturated heterocycles. The Balaban J connectivity index is 1.78. The summed E-state index contributed by atoms with van der Waals surface area (Å²) < 4.78 is 1.26. The predicted octanol–water partition coefficient (Wildman–Crippen LogP) is 5.67. The van der Waals surface area contributed by atoms with Gasteiger partial charge < -0.3 is 0 Å². The highest BCUT2D eigenvalue weighted by atomic mass is 32.1. The van der Waals surface area contributed by atoms with E-state index in [0.717, 1.165) is 11.9 Å². The highest BCUT2D eigenvalue weighted by Crippen LogP contribution is 2.34. The predicted molar refractivity (Wildman–Crippen MR) is 98.1 cm³/mol. The van der Waals surface area contributed by atoms with E-state index in [4.69, 9.17) is 4.98 Å². The molecule has 0 aliphatic carbocycles. The standard InChI is InChI=1S/C21H17NS/c1-3-9-16(10-4-1)15-18(17-11-5-2-6-12-17)21-22-19-13-7-8-14-20(19)23-21/h1-14,18H,15H2. The minimum absolute atomic E-state index is 0.302. The molecule has 0 bridgehead atoms. The maximum absolute atomic E-state index is 4.90. The van der Waals surface area contributed by atoms with Crippen LogP contribution in [0.4, 0.5) is 0 Å². The molecule has 4 rings (SSSR count). The fourth-order valence-electron chi connectivity index (χ4n) is 2.92. The normalized spacial score (nSPS) is 12.3. The monoisotopic (exact) mass is 315 g/mol. The zero-order chi connectivity index (χ0) is 15.5. The van der Waals surface area contributed by atoms with E-state index < -0.39 is 0 Å². The summed E-state index contributed by atoms with van der Waals surface area (Å²) >= 11 is 1.81. The molecule has 3 aromatic carbocycles. The summed E-state index contributed by atoms with van der Waals surface area (Å²) in [7, 11) is 0. The van der Waals surface area contributed by atoms with Crippen LogP contribution in [0, 0.1) is 0 Å². The van der Waals surface area contributed by atoms with Crippen molar-refractivity contribution in [2.75, 3.05) is 0 Å². The lowest BCUT2D eigenvalue weighted by atomic mass is 9.92. The van der Waals surface area contributed by atoms with E-state index in [1.165, 1.54) is 20.8 Å². The van der Waals surface area contributed by atoms with Crippen molar-refractivity contribution in [3.8, 4) is 0 Å². The number of rotatable bonds is 4. The van der Waals surface area contributed by atoms with Gasteiger partial charge in [-0.25, -0.2) is 4.98 Å². The number of benzene rings is 3. The van der Waals surface area contributed by atoms with E-state index >= 15 is 0 Å². The van der Waals surface area contributed by atoms with Gasteiger partial charge in [0.15, 0.2) is 0 Å². The van der Waals surface area contributed by atoms with Gasteiger partial charge in [-0.05, 0) is 29.7 Å². The molecule has 0 spiro atoms. The van der Waals surface area contributed by atoms with Gasteiger partial charge in [0.2, 0.25) is 0 Å². The second-order valence-electron chi connectivity index (χ2n) is 5.67. The summed E-state index contributed by atoms with van der Waals surface area (Å²) in [6.45, 7) is 0. The molecule has 1 unspecified atom stereocenters. The molecule has 0 fully saturated rings. The van der Waals surface area contributed by atoms with Gasteiger partial charge in [-0.15, -0.1) is 11.3 Å². The third-order valence-corrected chi connectivity index (χ3v) is 5.24. The van der Waals surface area contributed by atoms with Crippen molar-refractivity contribution in [2.45, 2.75) is 12.3 Å². The molecule has 0 saturated carbocycles. The van der Waals surface area contributed by atoms with Crippen LogP contribution in [0.1, 0.15) is 22.1 Å². The van der Waals surface area contributed by atoms with Crippen LogP contribution in [0.15, 0.2) is 84.9 Å². The van der Waals surface area contributed by atoms with Gasteiger partial charge in [0.05, 0.1) is 10.2 Å². The van der Waals surface area contributed by atoms with Crippen LogP contribution in [0.2, 0.25) is 0 Å². The lowest BCUT2D eigenvalue weighted by Gasteiger charge is -2.15. The van der Waals surface area contributed by atoms with E-state index in [9.17, 15) is 0 Å². The number of fused-ring (bicyclic) bond motifs is 1. The molecule has 4 aromatic rings. The molecule has 1 atom stereocenters. The quantitative estimate of drug-likeness (QED) is 0.473. The average molecular weight is 315 g/mol. The molecule has 1 nitrogen and oxygen atoms in total. The lowest BCUT2D eigenvalue weighted by Crippen LogP contribution is -2.04. The molecule has 0 amide bonds. The summed E-state index contributed by atoms with van der Waals surface area (Å²) in [5, 5.41) is 1.20. The first-order chi connectivity index (χ1) is 11.4. The van der Waals surface area contributed by atoms with Crippen LogP contribution in [-0.2, 0) is 6.42 Å².